The largest absolute Gasteiger partial charge is 0.274 e. The number of nitrogens with zero attached hydrogens (tertiary/aromatic N) is 3. The first-order valence-electron chi connectivity index (χ1n) is 6.06. The van der Waals surface area contributed by atoms with E-state index in [0.29, 0.717) is 23.7 Å². The van der Waals surface area contributed by atoms with Gasteiger partial charge in [0.25, 0.3) is 5.91 Å². The van der Waals surface area contributed by atoms with E-state index in [1.807, 2.05) is 6.92 Å². The van der Waals surface area contributed by atoms with Crippen LogP contribution in [0.1, 0.15) is 18.4 Å². The molecule has 0 aliphatic carbocycles. The summed E-state index contributed by atoms with van der Waals surface area (Å²) in [5, 5.41) is 8.39. The van der Waals surface area contributed by atoms with Crippen LogP contribution < -0.4 is 4.90 Å². The predicted molar refractivity (Wildman–Crippen MR) is 70.4 cm³/mol. The van der Waals surface area contributed by atoms with E-state index in [1.54, 1.807) is 18.2 Å². The highest BCUT2D eigenvalue weighted by Crippen LogP contribution is 2.38. The molecule has 1 aromatic rings. The minimum Gasteiger partial charge on any atom is -0.274 e. The van der Waals surface area contributed by atoms with Crippen LogP contribution in [-0.4, -0.2) is 23.9 Å². The summed E-state index contributed by atoms with van der Waals surface area (Å²) in [6.45, 7) is 2.37. The summed E-state index contributed by atoms with van der Waals surface area (Å²) in [5.74, 6) is -0.538. The van der Waals surface area contributed by atoms with Crippen molar-refractivity contribution in [2.45, 2.75) is 25.3 Å². The number of azo groups is 1. The molecule has 98 valence electrons. The van der Waals surface area contributed by atoms with E-state index in [4.69, 9.17) is 11.6 Å². The number of imide groups is 1. The van der Waals surface area contributed by atoms with E-state index >= 15 is 0 Å². The average Bonchev–Trinajstić information content (AvgIpc) is 2.91. The van der Waals surface area contributed by atoms with Crippen LogP contribution in [0.2, 0.25) is 5.02 Å². The second-order valence-corrected chi connectivity index (χ2v) is 5.30. The third-order valence-corrected chi connectivity index (χ3v) is 4.00. The molecule has 0 unspecified atom stereocenters. The van der Waals surface area contributed by atoms with Crippen molar-refractivity contribution in [2.24, 2.45) is 10.2 Å². The van der Waals surface area contributed by atoms with Gasteiger partial charge in [0.1, 0.15) is 0 Å². The van der Waals surface area contributed by atoms with E-state index in [-0.39, 0.29) is 18.2 Å². The van der Waals surface area contributed by atoms with Crippen LogP contribution in [-0.2, 0) is 9.59 Å². The second-order valence-electron chi connectivity index (χ2n) is 4.89. The van der Waals surface area contributed by atoms with Crippen LogP contribution in [0.5, 0.6) is 0 Å². The lowest BCUT2D eigenvalue weighted by Gasteiger charge is -2.18. The van der Waals surface area contributed by atoms with Crippen molar-refractivity contribution in [2.75, 3.05) is 11.4 Å². The fourth-order valence-corrected chi connectivity index (χ4v) is 2.63. The highest BCUT2D eigenvalue weighted by molar-refractivity contribution is 6.32. The van der Waals surface area contributed by atoms with E-state index in [1.165, 1.54) is 4.90 Å². The number of carbonyl (C=O) groups is 2. The Bertz CT molecular complexity index is 614. The average molecular weight is 278 g/mol. The van der Waals surface area contributed by atoms with E-state index in [0.717, 1.165) is 5.56 Å². The van der Waals surface area contributed by atoms with Crippen molar-refractivity contribution in [3.8, 4) is 0 Å². The molecule has 2 aliphatic heterocycles. The van der Waals surface area contributed by atoms with Gasteiger partial charge in [0.15, 0.2) is 5.54 Å². The van der Waals surface area contributed by atoms with Crippen molar-refractivity contribution < 1.29 is 9.59 Å². The first-order valence-corrected chi connectivity index (χ1v) is 6.43. The standard InChI is InChI=1S/C13H12ClN3O2/c1-8-2-3-9(6-10(8)14)17-11(18)7-13(12(17)19)4-5-15-16-13/h2-3,6H,4-5,7H2,1H3/t13-/m0/s1. The third-order valence-electron chi connectivity index (χ3n) is 3.60. The van der Waals surface area contributed by atoms with E-state index in [2.05, 4.69) is 10.2 Å². The van der Waals surface area contributed by atoms with Crippen LogP contribution in [0.4, 0.5) is 5.69 Å². The van der Waals surface area contributed by atoms with Gasteiger partial charge in [0.2, 0.25) is 5.91 Å². The van der Waals surface area contributed by atoms with Crippen LogP contribution in [0.25, 0.3) is 0 Å². The molecule has 3 rings (SSSR count). The summed E-state index contributed by atoms with van der Waals surface area (Å²) in [6.07, 6.45) is 0.606. The number of amides is 2. The highest BCUT2D eigenvalue weighted by atomic mass is 35.5. The molecule has 1 fully saturated rings. The minimum atomic E-state index is -0.964. The van der Waals surface area contributed by atoms with Crippen molar-refractivity contribution in [3.05, 3.63) is 28.8 Å². The van der Waals surface area contributed by atoms with Gasteiger partial charge in [0.05, 0.1) is 18.7 Å². The van der Waals surface area contributed by atoms with Gasteiger partial charge in [-0.1, -0.05) is 17.7 Å². The fourth-order valence-electron chi connectivity index (χ4n) is 2.45. The zero-order valence-electron chi connectivity index (χ0n) is 10.4. The third kappa shape index (κ3) is 1.76. The second kappa shape index (κ2) is 4.13. The Morgan fingerprint density at radius 1 is 1.37 bits per heavy atom. The molecule has 0 bridgehead atoms. The van der Waals surface area contributed by atoms with Crippen molar-refractivity contribution in [3.63, 3.8) is 0 Å². The molecule has 0 radical (unpaired) electrons. The van der Waals surface area contributed by atoms with Crippen molar-refractivity contribution in [1.29, 1.82) is 0 Å². The molecule has 19 heavy (non-hydrogen) atoms. The molecule has 0 N–H and O–H groups in total. The van der Waals surface area contributed by atoms with Gasteiger partial charge in [-0.15, -0.1) is 0 Å². The molecule has 1 spiro atoms. The Kier molecular flexibility index (Phi) is 2.67. The maximum absolute atomic E-state index is 12.4. The number of anilines is 1. The van der Waals surface area contributed by atoms with E-state index in [9.17, 15) is 9.59 Å². The molecule has 1 atom stereocenters. The van der Waals surface area contributed by atoms with Crippen LogP contribution in [0.3, 0.4) is 0 Å². The van der Waals surface area contributed by atoms with Crippen LogP contribution in [0.15, 0.2) is 28.4 Å². The first kappa shape index (κ1) is 12.3. The van der Waals surface area contributed by atoms with E-state index < -0.39 is 5.54 Å². The summed E-state index contributed by atoms with van der Waals surface area (Å²) < 4.78 is 0. The number of carbonyl (C=O) groups excluding carboxylic acids is 2. The van der Waals surface area contributed by atoms with Gasteiger partial charge in [-0.05, 0) is 24.6 Å². The summed E-state index contributed by atoms with van der Waals surface area (Å²) in [7, 11) is 0. The molecule has 6 heteroatoms. The maximum Gasteiger partial charge on any atom is 0.264 e. The Morgan fingerprint density at radius 3 is 2.79 bits per heavy atom. The maximum atomic E-state index is 12.4. The number of aryl methyl sites for hydroxylation is 1. The zero-order chi connectivity index (χ0) is 13.6. The minimum absolute atomic E-state index is 0.0980. The fraction of sp³-hybridized carbons (Fsp3) is 0.385. The normalized spacial score (nSPS) is 25.9. The summed E-state index contributed by atoms with van der Waals surface area (Å²) in [4.78, 5) is 25.7. The van der Waals surface area contributed by atoms with Gasteiger partial charge in [-0.3, -0.25) is 9.59 Å². The molecule has 2 heterocycles. The number of benzene rings is 1. The molecule has 0 saturated carbocycles. The topological polar surface area (TPSA) is 62.1 Å². The number of hydrogen-bond donors (Lipinski definition) is 0. The van der Waals surface area contributed by atoms with Gasteiger partial charge in [0, 0.05) is 11.4 Å². The van der Waals surface area contributed by atoms with Crippen molar-refractivity contribution >= 4 is 29.1 Å². The SMILES string of the molecule is Cc1ccc(N2C(=O)C[C@@]3(CCN=N3)C2=O)cc1Cl. The van der Waals surface area contributed by atoms with Gasteiger partial charge < -0.3 is 0 Å². The highest BCUT2D eigenvalue weighted by Gasteiger charge is 2.54. The van der Waals surface area contributed by atoms with Gasteiger partial charge in [-0.2, -0.15) is 10.2 Å². The summed E-state index contributed by atoms with van der Waals surface area (Å²) >= 11 is 6.05. The zero-order valence-corrected chi connectivity index (χ0v) is 11.1. The Balaban J connectivity index is 2.01. The molecule has 5 nitrogen and oxygen atoms in total. The molecule has 0 aromatic heterocycles. The summed E-state index contributed by atoms with van der Waals surface area (Å²) in [5.41, 5.74) is 0.443. The molecule has 2 amide bonds. The number of hydrogen-bond acceptors (Lipinski definition) is 4. The smallest absolute Gasteiger partial charge is 0.264 e. The molecule has 2 aliphatic rings. The number of rotatable bonds is 1. The summed E-state index contributed by atoms with van der Waals surface area (Å²) in [6, 6.07) is 5.15. The monoisotopic (exact) mass is 277 g/mol. The quantitative estimate of drug-likeness (QED) is 0.741. The Hall–Kier alpha value is -1.75. The molecular weight excluding hydrogens is 266 g/mol. The van der Waals surface area contributed by atoms with Crippen LogP contribution in [0, 0.1) is 6.92 Å². The van der Waals surface area contributed by atoms with Crippen molar-refractivity contribution in [1.82, 2.24) is 0 Å². The molecule has 1 saturated heterocycles. The lowest BCUT2D eigenvalue weighted by atomic mass is 9.96. The van der Waals surface area contributed by atoms with Gasteiger partial charge in [-0.25, -0.2) is 4.90 Å². The van der Waals surface area contributed by atoms with Crippen LogP contribution >= 0.6 is 11.6 Å². The predicted octanol–water partition coefficient (Wildman–Crippen LogP) is 2.51. The molecular formula is C13H12ClN3O2. The Labute approximate surface area is 115 Å². The number of halogens is 1. The van der Waals surface area contributed by atoms with Gasteiger partial charge >= 0.3 is 0 Å². The lowest BCUT2D eigenvalue weighted by Crippen LogP contribution is -2.38. The molecule has 1 aromatic carbocycles. The lowest BCUT2D eigenvalue weighted by molar-refractivity contribution is -0.122. The Morgan fingerprint density at radius 2 is 2.16 bits per heavy atom. The first-order chi connectivity index (χ1) is 9.03.